The van der Waals surface area contributed by atoms with Crippen molar-refractivity contribution in [3.63, 3.8) is 0 Å². The number of aryl methyl sites for hydroxylation is 1. The molecule has 0 radical (unpaired) electrons. The molecular formula is C21H25ClN4O4S. The van der Waals surface area contributed by atoms with Crippen molar-refractivity contribution < 1.29 is 19.6 Å². The van der Waals surface area contributed by atoms with Crippen LogP contribution in [-0.2, 0) is 4.79 Å². The predicted molar refractivity (Wildman–Crippen MR) is 120 cm³/mol. The number of piperazine rings is 1. The van der Waals surface area contributed by atoms with Crippen LogP contribution in [-0.4, -0.2) is 64.6 Å². The molecule has 2 heterocycles. The monoisotopic (exact) mass is 464 g/mol. The molecule has 1 aliphatic heterocycles. The number of amides is 3. The molecule has 10 heteroatoms. The van der Waals surface area contributed by atoms with E-state index < -0.39 is 5.54 Å². The van der Waals surface area contributed by atoms with Crippen LogP contribution in [0.5, 0.6) is 0 Å². The molecule has 2 aromatic rings. The van der Waals surface area contributed by atoms with E-state index >= 15 is 0 Å². The van der Waals surface area contributed by atoms with Crippen LogP contribution in [0.1, 0.15) is 39.4 Å². The average Bonchev–Trinajstić information content (AvgIpc) is 3.14. The van der Waals surface area contributed by atoms with Crippen molar-refractivity contribution in [3.05, 3.63) is 50.7 Å². The third-order valence-corrected chi connectivity index (χ3v) is 6.28. The van der Waals surface area contributed by atoms with Gasteiger partial charge >= 0.3 is 0 Å². The van der Waals surface area contributed by atoms with Gasteiger partial charge in [-0.05, 0) is 56.7 Å². The fourth-order valence-corrected chi connectivity index (χ4v) is 4.11. The van der Waals surface area contributed by atoms with E-state index in [1.54, 1.807) is 56.0 Å². The standard InChI is InChI=1S/C21H25ClN4O4S/c1-13-12-14(4-5-15(13)19(28)25-8-10-26(30)11-9-25)23-20(29)21(2,3)24-18(27)16-6-7-17(22)31-16/h4-7,12,30H,8-11H2,1-3H3,(H,23,29)(H,24,27). The summed E-state index contributed by atoms with van der Waals surface area (Å²) < 4.78 is 0.496. The van der Waals surface area contributed by atoms with E-state index in [1.165, 1.54) is 5.06 Å². The van der Waals surface area contributed by atoms with Crippen LogP contribution in [0, 0.1) is 6.92 Å². The summed E-state index contributed by atoms with van der Waals surface area (Å²) >= 11 is 7.01. The molecule has 1 fully saturated rings. The topological polar surface area (TPSA) is 102 Å². The molecule has 0 atom stereocenters. The van der Waals surface area contributed by atoms with E-state index in [9.17, 15) is 19.6 Å². The summed E-state index contributed by atoms with van der Waals surface area (Å²) in [4.78, 5) is 40.0. The number of hydrogen-bond donors (Lipinski definition) is 3. The average molecular weight is 465 g/mol. The Labute approximate surface area is 189 Å². The highest BCUT2D eigenvalue weighted by molar-refractivity contribution is 7.18. The molecule has 0 aliphatic carbocycles. The lowest BCUT2D eigenvalue weighted by molar-refractivity contribution is -0.121. The third-order valence-electron chi connectivity index (χ3n) is 5.05. The molecule has 3 N–H and O–H groups in total. The molecule has 166 valence electrons. The van der Waals surface area contributed by atoms with E-state index in [2.05, 4.69) is 10.6 Å². The first-order valence-electron chi connectivity index (χ1n) is 9.80. The molecule has 3 amide bonds. The first-order valence-corrected chi connectivity index (χ1v) is 11.0. The number of anilines is 1. The summed E-state index contributed by atoms with van der Waals surface area (Å²) in [7, 11) is 0. The van der Waals surface area contributed by atoms with Gasteiger partial charge in [-0.15, -0.1) is 11.3 Å². The molecule has 1 aliphatic rings. The molecule has 0 saturated carbocycles. The number of hydrogen-bond acceptors (Lipinski definition) is 6. The van der Waals surface area contributed by atoms with Gasteiger partial charge in [0.2, 0.25) is 5.91 Å². The number of benzene rings is 1. The molecule has 1 aromatic carbocycles. The SMILES string of the molecule is Cc1cc(NC(=O)C(C)(C)NC(=O)c2ccc(Cl)s2)ccc1C(=O)N1CCN(O)CC1. The molecular weight excluding hydrogens is 440 g/mol. The van der Waals surface area contributed by atoms with Crippen molar-refractivity contribution >= 4 is 46.3 Å². The molecule has 0 unspecified atom stereocenters. The Morgan fingerprint density at radius 2 is 1.77 bits per heavy atom. The second-order valence-corrected chi connectivity index (χ2v) is 9.63. The summed E-state index contributed by atoms with van der Waals surface area (Å²) in [6.07, 6.45) is 0. The Morgan fingerprint density at radius 1 is 1.10 bits per heavy atom. The molecule has 0 spiro atoms. The Balaban J connectivity index is 1.65. The second kappa shape index (κ2) is 9.35. The fraction of sp³-hybridized carbons (Fsp3) is 0.381. The van der Waals surface area contributed by atoms with Gasteiger partial charge in [0.05, 0.1) is 9.21 Å². The van der Waals surface area contributed by atoms with Gasteiger partial charge in [-0.1, -0.05) is 11.6 Å². The van der Waals surface area contributed by atoms with Crippen LogP contribution in [0.2, 0.25) is 4.34 Å². The fourth-order valence-electron chi connectivity index (χ4n) is 3.18. The van der Waals surface area contributed by atoms with Gasteiger partial charge in [-0.25, -0.2) is 0 Å². The lowest BCUT2D eigenvalue weighted by Crippen LogP contribution is -2.52. The van der Waals surface area contributed by atoms with E-state index in [-0.39, 0.29) is 17.7 Å². The predicted octanol–water partition coefficient (Wildman–Crippen LogP) is 3.00. The number of rotatable bonds is 5. The zero-order chi connectivity index (χ0) is 22.8. The normalized spacial score (nSPS) is 14.9. The first kappa shape index (κ1) is 23.2. The van der Waals surface area contributed by atoms with Crippen LogP contribution in [0.3, 0.4) is 0 Å². The van der Waals surface area contributed by atoms with Crippen LogP contribution in [0.25, 0.3) is 0 Å². The Hall–Kier alpha value is -2.46. The van der Waals surface area contributed by atoms with Crippen molar-refractivity contribution in [2.45, 2.75) is 26.3 Å². The zero-order valence-electron chi connectivity index (χ0n) is 17.6. The van der Waals surface area contributed by atoms with Gasteiger partial charge in [-0.3, -0.25) is 14.4 Å². The van der Waals surface area contributed by atoms with Crippen molar-refractivity contribution in [3.8, 4) is 0 Å². The molecule has 1 saturated heterocycles. The Bertz CT molecular complexity index is 999. The lowest BCUT2D eigenvalue weighted by atomic mass is 10.0. The van der Waals surface area contributed by atoms with Crippen molar-refractivity contribution in [1.82, 2.24) is 15.3 Å². The second-order valence-electron chi connectivity index (χ2n) is 7.91. The zero-order valence-corrected chi connectivity index (χ0v) is 19.1. The summed E-state index contributed by atoms with van der Waals surface area (Å²) in [6, 6.07) is 8.30. The highest BCUT2D eigenvalue weighted by atomic mass is 35.5. The molecule has 31 heavy (non-hydrogen) atoms. The van der Waals surface area contributed by atoms with Crippen molar-refractivity contribution in [1.29, 1.82) is 0 Å². The largest absolute Gasteiger partial charge is 0.337 e. The number of carbonyl (C=O) groups is 3. The summed E-state index contributed by atoms with van der Waals surface area (Å²) in [5, 5.41) is 16.2. The molecule has 3 rings (SSSR count). The Kier molecular flexibility index (Phi) is 7.00. The minimum atomic E-state index is -1.17. The van der Waals surface area contributed by atoms with E-state index in [4.69, 9.17) is 11.6 Å². The maximum absolute atomic E-state index is 12.8. The van der Waals surface area contributed by atoms with E-state index in [0.717, 1.165) is 16.9 Å². The number of thiophene rings is 1. The van der Waals surface area contributed by atoms with Gasteiger partial charge in [0.15, 0.2) is 0 Å². The quantitative estimate of drug-likeness (QED) is 0.631. The van der Waals surface area contributed by atoms with Gasteiger partial charge < -0.3 is 20.7 Å². The van der Waals surface area contributed by atoms with Crippen molar-refractivity contribution in [2.75, 3.05) is 31.5 Å². The first-order chi connectivity index (χ1) is 14.6. The lowest BCUT2D eigenvalue weighted by Gasteiger charge is -2.31. The van der Waals surface area contributed by atoms with Crippen LogP contribution < -0.4 is 10.6 Å². The van der Waals surface area contributed by atoms with Crippen LogP contribution >= 0.6 is 22.9 Å². The van der Waals surface area contributed by atoms with E-state index in [0.29, 0.717) is 46.6 Å². The highest BCUT2D eigenvalue weighted by Gasteiger charge is 2.30. The third kappa shape index (κ3) is 5.62. The maximum atomic E-state index is 12.8. The van der Waals surface area contributed by atoms with Crippen molar-refractivity contribution in [2.24, 2.45) is 0 Å². The van der Waals surface area contributed by atoms with Gasteiger partial charge in [0, 0.05) is 37.4 Å². The molecule has 0 bridgehead atoms. The Morgan fingerprint density at radius 3 is 2.35 bits per heavy atom. The minimum absolute atomic E-state index is 0.106. The van der Waals surface area contributed by atoms with Crippen LogP contribution in [0.4, 0.5) is 5.69 Å². The number of carbonyl (C=O) groups excluding carboxylic acids is 3. The maximum Gasteiger partial charge on any atom is 0.262 e. The molecule has 8 nitrogen and oxygen atoms in total. The number of nitrogens with zero attached hydrogens (tertiary/aromatic N) is 2. The smallest absolute Gasteiger partial charge is 0.262 e. The summed E-state index contributed by atoms with van der Waals surface area (Å²) in [6.45, 7) is 6.77. The summed E-state index contributed by atoms with van der Waals surface area (Å²) in [5.74, 6) is -0.871. The summed E-state index contributed by atoms with van der Waals surface area (Å²) in [5.41, 5.74) is 0.636. The van der Waals surface area contributed by atoms with Gasteiger partial charge in [0.1, 0.15) is 5.54 Å². The van der Waals surface area contributed by atoms with Gasteiger partial charge in [-0.2, -0.15) is 5.06 Å². The number of halogens is 1. The van der Waals surface area contributed by atoms with Gasteiger partial charge in [0.25, 0.3) is 11.8 Å². The highest BCUT2D eigenvalue weighted by Crippen LogP contribution is 2.23. The number of hydroxylamine groups is 2. The van der Waals surface area contributed by atoms with Crippen LogP contribution in [0.15, 0.2) is 30.3 Å². The molecule has 1 aromatic heterocycles. The number of nitrogens with one attached hydrogen (secondary N) is 2. The minimum Gasteiger partial charge on any atom is -0.337 e. The van der Waals surface area contributed by atoms with E-state index in [1.807, 2.05) is 0 Å².